The topological polar surface area (TPSA) is 64.3 Å². The first-order chi connectivity index (χ1) is 9.45. The minimum atomic E-state index is -0.969. The van der Waals surface area contributed by atoms with E-state index >= 15 is 0 Å². The monoisotopic (exact) mass is 336 g/mol. The van der Waals surface area contributed by atoms with Crippen LogP contribution in [0.5, 0.6) is 0 Å². The summed E-state index contributed by atoms with van der Waals surface area (Å²) in [6.45, 7) is 4.81. The number of carboxylic acids is 1. The van der Waals surface area contributed by atoms with E-state index in [0.717, 1.165) is 21.8 Å². The molecule has 0 amide bonds. The van der Waals surface area contributed by atoms with E-state index in [-0.39, 0.29) is 6.04 Å². The molecule has 0 aliphatic heterocycles. The summed E-state index contributed by atoms with van der Waals surface area (Å²) < 4.78 is 0.886. The van der Waals surface area contributed by atoms with Crippen LogP contribution in [0.25, 0.3) is 6.08 Å². The quantitative estimate of drug-likeness (QED) is 0.805. The van der Waals surface area contributed by atoms with Crippen molar-refractivity contribution in [2.24, 2.45) is 0 Å². The molecule has 0 saturated heterocycles. The van der Waals surface area contributed by atoms with Gasteiger partial charge < -0.3 is 10.0 Å². The van der Waals surface area contributed by atoms with Gasteiger partial charge in [-0.05, 0) is 53.5 Å². The Hall–Kier alpha value is -1.80. The van der Waals surface area contributed by atoms with Gasteiger partial charge in [0.15, 0.2) is 0 Å². The number of hydrogen-bond acceptors (Lipinski definition) is 3. The summed E-state index contributed by atoms with van der Waals surface area (Å²) in [6, 6.07) is 8.10. The van der Waals surface area contributed by atoms with Crippen molar-refractivity contribution in [3.63, 3.8) is 0 Å². The molecule has 0 bridgehead atoms. The Morgan fingerprint density at radius 1 is 1.55 bits per heavy atom. The number of anilines is 1. The van der Waals surface area contributed by atoms with Gasteiger partial charge in [-0.2, -0.15) is 5.26 Å². The van der Waals surface area contributed by atoms with E-state index < -0.39 is 5.97 Å². The zero-order valence-corrected chi connectivity index (χ0v) is 13.1. The number of carbonyl (C=O) groups is 1. The molecule has 0 heterocycles. The average Bonchev–Trinajstić information content (AvgIpc) is 2.38. The van der Waals surface area contributed by atoms with E-state index in [2.05, 4.69) is 40.7 Å². The van der Waals surface area contributed by atoms with Crippen LogP contribution in [0.2, 0.25) is 0 Å². The van der Waals surface area contributed by atoms with Gasteiger partial charge in [-0.1, -0.05) is 6.07 Å². The first-order valence-corrected chi connectivity index (χ1v) is 7.09. The molecule has 0 saturated carbocycles. The third-order valence-corrected chi connectivity index (χ3v) is 3.42. The standard InChI is InChI=1S/C15H17BrN2O2/c1-11(2)18(9-3-8-17)14-6-4-12(10-13(14)16)5-7-15(19)20/h4-7,10-11H,3,9H2,1-2H3,(H,19,20)/b7-5+. The molecule has 4 nitrogen and oxygen atoms in total. The van der Waals surface area contributed by atoms with Crippen LogP contribution in [0.15, 0.2) is 28.7 Å². The lowest BCUT2D eigenvalue weighted by Crippen LogP contribution is -2.31. The Bertz CT molecular complexity index is 547. The van der Waals surface area contributed by atoms with Crippen molar-refractivity contribution in [2.75, 3.05) is 11.4 Å². The molecule has 5 heteroatoms. The SMILES string of the molecule is CC(C)N(CCC#N)c1ccc(/C=C/C(=O)O)cc1Br. The predicted octanol–water partition coefficient (Wildman–Crippen LogP) is 3.68. The molecule has 106 valence electrons. The number of carboxylic acid groups (broad SMARTS) is 1. The Labute approximate surface area is 127 Å². The first kappa shape index (κ1) is 16.3. The lowest BCUT2D eigenvalue weighted by atomic mass is 10.1. The van der Waals surface area contributed by atoms with Crippen molar-refractivity contribution in [1.82, 2.24) is 0 Å². The van der Waals surface area contributed by atoms with E-state index in [4.69, 9.17) is 10.4 Å². The zero-order chi connectivity index (χ0) is 15.1. The van der Waals surface area contributed by atoms with E-state index in [0.29, 0.717) is 13.0 Å². The van der Waals surface area contributed by atoms with Crippen LogP contribution < -0.4 is 4.90 Å². The van der Waals surface area contributed by atoms with Gasteiger partial charge in [-0.15, -0.1) is 0 Å². The van der Waals surface area contributed by atoms with Crippen LogP contribution >= 0.6 is 15.9 Å². The molecule has 0 spiro atoms. The van der Waals surface area contributed by atoms with Gasteiger partial charge >= 0.3 is 5.97 Å². The van der Waals surface area contributed by atoms with E-state index in [1.54, 1.807) is 6.08 Å². The summed E-state index contributed by atoms with van der Waals surface area (Å²) in [6.07, 6.45) is 3.12. The van der Waals surface area contributed by atoms with Crippen molar-refractivity contribution in [3.8, 4) is 6.07 Å². The number of nitriles is 1. The third-order valence-electron chi connectivity index (χ3n) is 2.79. The fourth-order valence-electron chi connectivity index (χ4n) is 1.85. The second-order valence-electron chi connectivity index (χ2n) is 4.58. The van der Waals surface area contributed by atoms with E-state index in [1.165, 1.54) is 0 Å². The molecule has 0 radical (unpaired) electrons. The lowest BCUT2D eigenvalue weighted by molar-refractivity contribution is -0.131. The fraction of sp³-hybridized carbons (Fsp3) is 0.333. The number of nitrogens with zero attached hydrogens (tertiary/aromatic N) is 2. The molecule has 1 N–H and O–H groups in total. The van der Waals surface area contributed by atoms with E-state index in [1.807, 2.05) is 18.2 Å². The molecule has 20 heavy (non-hydrogen) atoms. The number of halogens is 1. The van der Waals surface area contributed by atoms with Gasteiger partial charge in [0.05, 0.1) is 18.2 Å². The lowest BCUT2D eigenvalue weighted by Gasteiger charge is -2.29. The van der Waals surface area contributed by atoms with Gasteiger partial charge in [0, 0.05) is 23.1 Å². The maximum absolute atomic E-state index is 10.5. The largest absolute Gasteiger partial charge is 0.478 e. The highest BCUT2D eigenvalue weighted by atomic mass is 79.9. The van der Waals surface area contributed by atoms with Crippen LogP contribution in [0.4, 0.5) is 5.69 Å². The summed E-state index contributed by atoms with van der Waals surface area (Å²) in [4.78, 5) is 12.6. The molecule has 0 aliphatic carbocycles. The fourth-order valence-corrected chi connectivity index (χ4v) is 2.48. The smallest absolute Gasteiger partial charge is 0.328 e. The Morgan fingerprint density at radius 2 is 2.25 bits per heavy atom. The van der Waals surface area contributed by atoms with Gasteiger partial charge in [-0.3, -0.25) is 0 Å². The Morgan fingerprint density at radius 3 is 2.75 bits per heavy atom. The minimum absolute atomic E-state index is 0.278. The van der Waals surface area contributed by atoms with Gasteiger partial charge in [-0.25, -0.2) is 4.79 Å². The number of benzene rings is 1. The molecular formula is C15H17BrN2O2. The third kappa shape index (κ3) is 4.71. The van der Waals surface area contributed by atoms with Crippen molar-refractivity contribution < 1.29 is 9.90 Å². The van der Waals surface area contributed by atoms with Crippen molar-refractivity contribution in [2.45, 2.75) is 26.3 Å². The van der Waals surface area contributed by atoms with E-state index in [9.17, 15) is 4.79 Å². The second-order valence-corrected chi connectivity index (χ2v) is 5.43. The Balaban J connectivity index is 3.01. The van der Waals surface area contributed by atoms with Crippen LogP contribution in [-0.4, -0.2) is 23.7 Å². The molecular weight excluding hydrogens is 320 g/mol. The maximum Gasteiger partial charge on any atom is 0.328 e. The average molecular weight is 337 g/mol. The van der Waals surface area contributed by atoms with Crippen LogP contribution in [0.3, 0.4) is 0 Å². The highest BCUT2D eigenvalue weighted by Gasteiger charge is 2.13. The molecule has 0 aromatic heterocycles. The highest BCUT2D eigenvalue weighted by molar-refractivity contribution is 9.10. The zero-order valence-electron chi connectivity index (χ0n) is 11.5. The Kier molecular flexibility index (Phi) is 6.26. The molecule has 1 rings (SSSR count). The van der Waals surface area contributed by atoms with Crippen molar-refractivity contribution >= 4 is 33.7 Å². The van der Waals surface area contributed by atoms with Crippen molar-refractivity contribution in [3.05, 3.63) is 34.3 Å². The maximum atomic E-state index is 10.5. The molecule has 0 aliphatic rings. The van der Waals surface area contributed by atoms with Crippen LogP contribution in [0, 0.1) is 11.3 Å². The van der Waals surface area contributed by atoms with Crippen LogP contribution in [-0.2, 0) is 4.79 Å². The van der Waals surface area contributed by atoms with Gasteiger partial charge in [0.2, 0.25) is 0 Å². The van der Waals surface area contributed by atoms with Gasteiger partial charge in [0.1, 0.15) is 0 Å². The number of hydrogen-bond donors (Lipinski definition) is 1. The highest BCUT2D eigenvalue weighted by Crippen LogP contribution is 2.29. The van der Waals surface area contributed by atoms with Crippen LogP contribution in [0.1, 0.15) is 25.8 Å². The summed E-state index contributed by atoms with van der Waals surface area (Å²) in [5.41, 5.74) is 1.81. The molecule has 0 unspecified atom stereocenters. The second kappa shape index (κ2) is 7.71. The minimum Gasteiger partial charge on any atom is -0.478 e. The number of rotatable bonds is 6. The summed E-state index contributed by atoms with van der Waals surface area (Å²) in [5.74, 6) is -0.969. The molecule has 1 aromatic rings. The van der Waals surface area contributed by atoms with Crippen molar-refractivity contribution in [1.29, 1.82) is 5.26 Å². The molecule has 0 atom stereocenters. The summed E-state index contributed by atoms with van der Waals surface area (Å²) >= 11 is 3.51. The van der Waals surface area contributed by atoms with Gasteiger partial charge in [0.25, 0.3) is 0 Å². The molecule has 1 aromatic carbocycles. The number of aliphatic carboxylic acids is 1. The predicted molar refractivity (Wildman–Crippen MR) is 83.5 cm³/mol. The molecule has 0 fully saturated rings. The first-order valence-electron chi connectivity index (χ1n) is 6.30. The summed E-state index contributed by atoms with van der Waals surface area (Å²) in [5, 5.41) is 17.3. The normalized spacial score (nSPS) is 10.8. The summed E-state index contributed by atoms with van der Waals surface area (Å²) in [7, 11) is 0.